The first-order valence-corrected chi connectivity index (χ1v) is 26.1. The predicted molar refractivity (Wildman–Crippen MR) is 271 cm³/mol. The van der Waals surface area contributed by atoms with Crippen LogP contribution in [-0.2, 0) is 0 Å². The first-order valence-electron chi connectivity index (χ1n) is 9.18. The highest BCUT2D eigenvalue weighted by Gasteiger charge is 1.88. The molecule has 0 aliphatic heterocycles. The molecular weight excluding hydrogens is 1350 g/mol. The molecule has 1 nitrogen and oxygen atoms in total. The summed E-state index contributed by atoms with van der Waals surface area (Å²) in [6, 6.07) is 0. The van der Waals surface area contributed by atoms with Gasteiger partial charge in [0.05, 0.1) is 86.7 Å². The largest absolute Gasteiger partial charge is 0.394 e. The van der Waals surface area contributed by atoms with Crippen LogP contribution in [0.2, 0.25) is 0 Å². The van der Waals surface area contributed by atoms with Crippen LogP contribution in [0.4, 0.5) is 0 Å². The van der Waals surface area contributed by atoms with Crippen molar-refractivity contribution in [1.29, 1.82) is 0 Å². The van der Waals surface area contributed by atoms with Crippen molar-refractivity contribution in [3.05, 3.63) is 0 Å². The summed E-state index contributed by atoms with van der Waals surface area (Å²) in [7, 11) is 0. The molecule has 0 bridgehead atoms. The number of hydrogen-bond donors (Lipinski definition) is 1. The molecule has 0 rings (SSSR count). The van der Waals surface area contributed by atoms with E-state index in [4.69, 9.17) is 376 Å². The molecule has 0 aromatic rings. The van der Waals surface area contributed by atoms with E-state index in [2.05, 4.69) is 0 Å². The maximum absolute atomic E-state index is 7.88. The summed E-state index contributed by atoms with van der Waals surface area (Å²) >= 11 is 153. The average Bonchev–Trinajstić information content (AvgIpc) is 2.99. The van der Waals surface area contributed by atoms with Crippen molar-refractivity contribution in [1.82, 2.24) is 0 Å². The average molecular weight is 1390 g/mol. The van der Waals surface area contributed by atoms with E-state index in [1.165, 1.54) is 0 Å². The highest BCUT2D eigenvalue weighted by molar-refractivity contribution is 6.45. The number of aliphatic hydroxyl groups excluding tert-OH is 1. The minimum Gasteiger partial charge on any atom is -0.394 e. The minimum absolute atomic E-state index is 0.164. The molecule has 332 valence electrons. The molecule has 0 radical (unpaired) electrons. The Morgan fingerprint density at radius 3 is 0.220 bits per heavy atom. The van der Waals surface area contributed by atoms with E-state index < -0.39 is 4.84 Å². The Morgan fingerprint density at radius 2 is 0.220 bits per heavy atom. The van der Waals surface area contributed by atoms with Crippen LogP contribution in [0, 0.1) is 0 Å². The van der Waals surface area contributed by atoms with Crippen molar-refractivity contribution < 1.29 is 5.11 Å². The maximum Gasteiger partial charge on any atom is 0.130 e. The van der Waals surface area contributed by atoms with Crippen molar-refractivity contribution in [2.24, 2.45) is 0 Å². The Bertz CT molecular complexity index is 154. The van der Waals surface area contributed by atoms with Gasteiger partial charge in [0.25, 0.3) is 0 Å². The fourth-order valence-electron chi connectivity index (χ4n) is 0. The molecule has 0 saturated carbocycles. The summed E-state index contributed by atoms with van der Waals surface area (Å²) in [6.45, 7) is -0.164. The summed E-state index contributed by atoms with van der Waals surface area (Å²) in [5.41, 5.74) is 0. The fraction of sp³-hybridized carbons (Fsp3) is 1.00. The maximum atomic E-state index is 7.88. The number of alkyl halides is 32. The normalized spacial score (nSPS) is 6.36. The standard InChI is InChI=1S/C2H4Cl2O.15CH2Cl2/c3-2(4)1-5;15*2-1-3/h2,5H,1H2;15*1H2. The lowest BCUT2D eigenvalue weighted by Gasteiger charge is -1.84. The van der Waals surface area contributed by atoms with Gasteiger partial charge in [-0.25, -0.2) is 0 Å². The summed E-state index contributed by atoms with van der Waals surface area (Å²) < 4.78 is 0. The van der Waals surface area contributed by atoms with E-state index in [1.807, 2.05) is 0 Å². The van der Waals surface area contributed by atoms with Crippen LogP contribution in [0.1, 0.15) is 0 Å². The smallest absolute Gasteiger partial charge is 0.130 e. The molecule has 0 aromatic heterocycles. The van der Waals surface area contributed by atoms with Gasteiger partial charge in [-0.15, -0.1) is 371 Å². The zero-order valence-corrected chi connectivity index (χ0v) is 48.6. The molecule has 0 saturated heterocycles. The monoisotopic (exact) mass is 1370 g/mol. The van der Waals surface area contributed by atoms with E-state index in [1.54, 1.807) is 0 Å². The van der Waals surface area contributed by atoms with Gasteiger partial charge in [-0.3, -0.25) is 0 Å². The van der Waals surface area contributed by atoms with Crippen LogP contribution in [0.3, 0.4) is 0 Å². The number of aliphatic hydroxyl groups is 1. The van der Waals surface area contributed by atoms with E-state index in [9.17, 15) is 0 Å². The molecule has 0 spiro atoms. The quantitative estimate of drug-likeness (QED) is 0.260. The molecule has 0 heterocycles. The molecule has 0 fully saturated rings. The van der Waals surface area contributed by atoms with Crippen molar-refractivity contribution in [3.63, 3.8) is 0 Å². The lowest BCUT2D eigenvalue weighted by atomic mass is 10.9. The van der Waals surface area contributed by atoms with Gasteiger partial charge < -0.3 is 5.11 Å². The van der Waals surface area contributed by atoms with Crippen LogP contribution in [-0.4, -0.2) is 96.6 Å². The highest BCUT2D eigenvalue weighted by atomic mass is 35.6. The van der Waals surface area contributed by atoms with Crippen molar-refractivity contribution >= 4 is 371 Å². The van der Waals surface area contributed by atoms with Crippen LogP contribution < -0.4 is 0 Å². The lowest BCUT2D eigenvalue weighted by Crippen LogP contribution is -1.90. The fourth-order valence-corrected chi connectivity index (χ4v) is 0. The van der Waals surface area contributed by atoms with Crippen LogP contribution in [0.15, 0.2) is 0 Å². The molecular formula is C17H34Cl32O. The van der Waals surface area contributed by atoms with E-state index in [0.29, 0.717) is 0 Å². The third kappa shape index (κ3) is 1430. The first kappa shape index (κ1) is 107. The Morgan fingerprint density at radius 1 is 0.200 bits per heavy atom. The van der Waals surface area contributed by atoms with Gasteiger partial charge in [-0.05, 0) is 0 Å². The summed E-state index contributed by atoms with van der Waals surface area (Å²) in [5.74, 6) is 0. The van der Waals surface area contributed by atoms with E-state index >= 15 is 0 Å². The topological polar surface area (TPSA) is 20.2 Å². The van der Waals surface area contributed by atoms with Gasteiger partial charge in [0.15, 0.2) is 0 Å². The SMILES string of the molecule is ClCCl.ClCCl.ClCCl.ClCCl.ClCCl.ClCCl.ClCCl.ClCCl.ClCCl.ClCCl.ClCCl.ClCCl.ClCCl.ClCCl.ClCCl.OCC(Cl)Cl. The molecule has 0 aliphatic rings. The number of hydrogen-bond acceptors (Lipinski definition) is 1. The second-order valence-corrected chi connectivity index (χ2v) is 15.5. The summed E-state index contributed by atoms with van der Waals surface area (Å²) in [5, 5.41) is 10.8. The van der Waals surface area contributed by atoms with Crippen LogP contribution in [0.25, 0.3) is 0 Å². The Kier molecular flexibility index (Phi) is 514. The molecule has 50 heavy (non-hydrogen) atoms. The van der Waals surface area contributed by atoms with Gasteiger partial charge in [-0.2, -0.15) is 0 Å². The summed E-state index contributed by atoms with van der Waals surface area (Å²) in [6.07, 6.45) is 0. The Balaban J connectivity index is -0.0000000177. The molecule has 0 aliphatic carbocycles. The van der Waals surface area contributed by atoms with Crippen molar-refractivity contribution in [2.45, 2.75) is 4.84 Å². The third-order valence-electron chi connectivity index (χ3n) is 0.138. The number of halogens is 32. The Hall–Kier alpha value is 9.24. The van der Waals surface area contributed by atoms with Crippen LogP contribution in [0.5, 0.6) is 0 Å². The van der Waals surface area contributed by atoms with Gasteiger partial charge in [-0.1, -0.05) is 0 Å². The zero-order chi connectivity index (χ0) is 44.9. The third-order valence-corrected chi connectivity index (χ3v) is 0.414. The van der Waals surface area contributed by atoms with Crippen molar-refractivity contribution in [2.75, 3.05) is 86.7 Å². The molecule has 33 heteroatoms. The zero-order valence-electron chi connectivity index (χ0n) is 24.4. The van der Waals surface area contributed by atoms with Crippen LogP contribution >= 0.6 is 371 Å². The number of rotatable bonds is 1. The molecule has 0 aromatic carbocycles. The molecule has 0 atom stereocenters. The van der Waals surface area contributed by atoms with Gasteiger partial charge in [0.1, 0.15) is 4.84 Å². The predicted octanol–water partition coefficient (Wildman–Crippen LogP) is 22.1. The second kappa shape index (κ2) is 239. The van der Waals surface area contributed by atoms with Gasteiger partial charge in [0, 0.05) is 0 Å². The highest BCUT2D eigenvalue weighted by Crippen LogP contribution is 1.96. The Labute approximate surface area is 460 Å². The van der Waals surface area contributed by atoms with Crippen molar-refractivity contribution in [3.8, 4) is 0 Å². The minimum atomic E-state index is -0.616. The summed E-state index contributed by atoms with van der Waals surface area (Å²) in [4.78, 5) is -0.616. The van der Waals surface area contributed by atoms with E-state index in [-0.39, 0.29) is 86.7 Å². The second-order valence-electron chi connectivity index (χ2n) is 2.09. The van der Waals surface area contributed by atoms with Gasteiger partial charge >= 0.3 is 0 Å². The molecule has 0 amide bonds. The molecule has 1 N–H and O–H groups in total. The van der Waals surface area contributed by atoms with Gasteiger partial charge in [0.2, 0.25) is 0 Å². The molecule has 0 unspecified atom stereocenters. The van der Waals surface area contributed by atoms with E-state index in [0.717, 1.165) is 0 Å². The first-order chi connectivity index (χ1) is 23.5. The lowest BCUT2D eigenvalue weighted by molar-refractivity contribution is 0.313.